The molecule has 11 heteroatoms. The molecule has 2 aliphatic heterocycles. The molecule has 3 aliphatic rings. The fourth-order valence-electron chi connectivity index (χ4n) is 5.51. The molecule has 4 rings (SSSR count). The van der Waals surface area contributed by atoms with Crippen LogP contribution in [-0.4, -0.2) is 67.8 Å². The van der Waals surface area contributed by atoms with Gasteiger partial charge in [0.05, 0.1) is 23.9 Å². The molecule has 4 bridgehead atoms. The Morgan fingerprint density at radius 2 is 1.42 bits per heavy atom. The second-order valence-corrected chi connectivity index (χ2v) is 13.2. The number of carbonyl (C=O) groups is 5. The molecule has 0 aromatic heterocycles. The average molecular weight is 706 g/mol. The Morgan fingerprint density at radius 1 is 0.760 bits per heavy atom. The molecule has 1 aromatic carbocycles. The van der Waals surface area contributed by atoms with Crippen LogP contribution in [0.2, 0.25) is 0 Å². The number of fused-ring (bicyclic) bond motifs is 18. The third-order valence-corrected chi connectivity index (χ3v) is 9.13. The van der Waals surface area contributed by atoms with Crippen LogP contribution in [0.5, 0.6) is 5.75 Å². The number of aromatic hydroxyl groups is 1. The van der Waals surface area contributed by atoms with E-state index in [4.69, 9.17) is 11.6 Å². The first-order chi connectivity index (χ1) is 23.5. The molecule has 10 nitrogen and oxygen atoms in total. The summed E-state index contributed by atoms with van der Waals surface area (Å²) in [5.41, 5.74) is -0.886. The summed E-state index contributed by atoms with van der Waals surface area (Å²) in [5.74, 6) is -5.52. The summed E-state index contributed by atoms with van der Waals surface area (Å²) in [6.07, 6.45) is 12.2. The lowest BCUT2D eigenvalue weighted by Gasteiger charge is -2.23. The summed E-state index contributed by atoms with van der Waals surface area (Å²) in [5, 5.41) is 44.7. The minimum atomic E-state index is -1.01. The number of hydrogen-bond acceptors (Lipinski definition) is 9. The minimum Gasteiger partial charge on any atom is -0.507 e. The van der Waals surface area contributed by atoms with Crippen molar-refractivity contribution >= 4 is 40.6 Å². The van der Waals surface area contributed by atoms with Crippen LogP contribution in [0.4, 0.5) is 0 Å². The monoisotopic (exact) mass is 705 g/mol. The zero-order valence-corrected chi connectivity index (χ0v) is 29.7. The Labute approximate surface area is 296 Å². The molecule has 0 radical (unpaired) electrons. The van der Waals surface area contributed by atoms with Crippen molar-refractivity contribution in [3.8, 4) is 5.75 Å². The predicted octanol–water partition coefficient (Wildman–Crippen LogP) is 5.30. The molecule has 266 valence electrons. The van der Waals surface area contributed by atoms with E-state index >= 15 is 0 Å². The maximum absolute atomic E-state index is 13.8. The van der Waals surface area contributed by atoms with Crippen LogP contribution in [0, 0.1) is 24.7 Å². The smallest absolute Gasteiger partial charge is 0.248 e. The van der Waals surface area contributed by atoms with Gasteiger partial charge in [-0.1, -0.05) is 87.1 Å². The largest absolute Gasteiger partial charge is 0.507 e. The Balaban J connectivity index is 2.05. The first-order valence-electron chi connectivity index (χ1n) is 16.3. The molecule has 2 heterocycles. The van der Waals surface area contributed by atoms with E-state index in [1.54, 1.807) is 58.1 Å². The lowest BCUT2D eigenvalue weighted by molar-refractivity contribution is -0.118. The molecule has 6 unspecified atom stereocenters. The van der Waals surface area contributed by atoms with E-state index in [1.165, 1.54) is 44.2 Å². The second-order valence-electron chi connectivity index (χ2n) is 12.8. The van der Waals surface area contributed by atoms with Gasteiger partial charge >= 0.3 is 0 Å². The molecule has 5 N–H and O–H groups in total. The van der Waals surface area contributed by atoms with Crippen LogP contribution >= 0.6 is 11.6 Å². The van der Waals surface area contributed by atoms with E-state index in [0.717, 1.165) is 6.08 Å². The van der Waals surface area contributed by atoms with Crippen LogP contribution in [0.15, 0.2) is 88.7 Å². The molecular formula is C39H44ClNO9. The fraction of sp³-hybridized carbons (Fsp3) is 0.359. The van der Waals surface area contributed by atoms with Gasteiger partial charge < -0.3 is 25.7 Å². The number of nitrogens with one attached hydrogen (secondary N) is 1. The lowest BCUT2D eigenvalue weighted by atomic mass is 9.83. The summed E-state index contributed by atoms with van der Waals surface area (Å²) in [7, 11) is 0. The number of benzene rings is 1. The first kappa shape index (κ1) is 40.0. The van der Waals surface area contributed by atoms with Crippen LogP contribution in [0.1, 0.15) is 84.1 Å². The summed E-state index contributed by atoms with van der Waals surface area (Å²) in [6, 6.07) is 1.25. The molecule has 6 atom stereocenters. The van der Waals surface area contributed by atoms with Crippen molar-refractivity contribution < 1.29 is 44.4 Å². The maximum atomic E-state index is 13.8. The fourth-order valence-corrected chi connectivity index (χ4v) is 5.73. The topological polar surface area (TPSA) is 178 Å². The Kier molecular flexibility index (Phi) is 13.9. The Hall–Kier alpha value is -4.48. The highest BCUT2D eigenvalue weighted by Crippen LogP contribution is 2.37. The van der Waals surface area contributed by atoms with Gasteiger partial charge in [0.15, 0.2) is 11.6 Å². The summed E-state index contributed by atoms with van der Waals surface area (Å²) in [6.45, 7) is 9.66. The van der Waals surface area contributed by atoms with Crippen LogP contribution in [-0.2, 0) is 9.59 Å². The molecule has 50 heavy (non-hydrogen) atoms. The van der Waals surface area contributed by atoms with Crippen molar-refractivity contribution in [3.63, 3.8) is 0 Å². The highest BCUT2D eigenvalue weighted by Gasteiger charge is 2.38. The van der Waals surface area contributed by atoms with Crippen molar-refractivity contribution in [2.45, 2.75) is 72.7 Å². The Morgan fingerprint density at radius 3 is 2.10 bits per heavy atom. The standard InChI is InChI=1S/C39H44ClNO9/c1-20-11-9-7-8-10-12-30(45)41-34-33(40)39(50)31-27(38(34)49)18-25(6)37(48)32(31)36(47)24(5)17-23(4)35(46)22(3)14-16-26(42)15-13-21(2)29(44)19-28(20)43/h7-14,16-18,20,22-23,26,28,35,42-43,46,48H,15,19H2,1-6H3,(H,41,45)/b8-7-,11-9+,12-10-,16-14+,21-13+,24-17+. The van der Waals surface area contributed by atoms with E-state index in [0.29, 0.717) is 5.57 Å². The average Bonchev–Trinajstić information content (AvgIpc) is 3.07. The van der Waals surface area contributed by atoms with Crippen molar-refractivity contribution in [2.24, 2.45) is 17.8 Å². The number of phenols is 1. The maximum Gasteiger partial charge on any atom is 0.248 e. The molecule has 0 spiro atoms. The minimum absolute atomic E-state index is 0.0807. The second kappa shape index (κ2) is 17.4. The quantitative estimate of drug-likeness (QED) is 0.224. The van der Waals surface area contributed by atoms with E-state index in [9.17, 15) is 44.4 Å². The number of phenolic OH excluding ortho intramolecular Hbond substituents is 1. The highest BCUT2D eigenvalue weighted by atomic mass is 35.5. The van der Waals surface area contributed by atoms with E-state index in [2.05, 4.69) is 5.32 Å². The van der Waals surface area contributed by atoms with Gasteiger partial charge in [-0.15, -0.1) is 0 Å². The molecule has 1 aliphatic carbocycles. The third-order valence-electron chi connectivity index (χ3n) is 8.77. The molecule has 0 saturated carbocycles. The number of halogens is 1. The zero-order valence-electron chi connectivity index (χ0n) is 28.9. The number of aryl methyl sites for hydroxylation is 1. The van der Waals surface area contributed by atoms with Gasteiger partial charge in [-0.25, -0.2) is 0 Å². The molecule has 0 saturated heterocycles. The van der Waals surface area contributed by atoms with Gasteiger partial charge in [0.25, 0.3) is 0 Å². The number of ketones is 4. The molecule has 0 fully saturated rings. The van der Waals surface area contributed by atoms with Gasteiger partial charge in [0.1, 0.15) is 16.5 Å². The van der Waals surface area contributed by atoms with Crippen molar-refractivity contribution in [1.29, 1.82) is 0 Å². The number of amides is 1. The lowest BCUT2D eigenvalue weighted by Crippen LogP contribution is -2.33. The number of aliphatic hydroxyl groups is 3. The van der Waals surface area contributed by atoms with Crippen LogP contribution in [0.25, 0.3) is 0 Å². The highest BCUT2D eigenvalue weighted by molar-refractivity contribution is 6.51. The first-order valence-corrected chi connectivity index (χ1v) is 16.7. The van der Waals surface area contributed by atoms with Gasteiger partial charge in [0.2, 0.25) is 17.5 Å². The summed E-state index contributed by atoms with van der Waals surface area (Å²) < 4.78 is 0. The Bertz CT molecular complexity index is 1770. The number of allylic oxidation sites excluding steroid dienone is 8. The number of hydrogen-bond donors (Lipinski definition) is 5. The number of aliphatic hydroxyl groups excluding tert-OH is 3. The van der Waals surface area contributed by atoms with Crippen LogP contribution < -0.4 is 5.32 Å². The van der Waals surface area contributed by atoms with Crippen molar-refractivity contribution in [1.82, 2.24) is 5.32 Å². The van der Waals surface area contributed by atoms with Crippen molar-refractivity contribution in [2.75, 3.05) is 0 Å². The normalized spacial score (nSPS) is 31.4. The zero-order chi connectivity index (χ0) is 37.4. The molecule has 1 amide bonds. The van der Waals surface area contributed by atoms with E-state index in [-0.39, 0.29) is 41.2 Å². The van der Waals surface area contributed by atoms with Gasteiger partial charge in [-0.3, -0.25) is 24.0 Å². The van der Waals surface area contributed by atoms with Gasteiger partial charge in [0, 0.05) is 41.4 Å². The number of carbonyl (C=O) groups excluding carboxylic acids is 5. The summed E-state index contributed by atoms with van der Waals surface area (Å²) >= 11 is 6.31. The van der Waals surface area contributed by atoms with Gasteiger partial charge in [-0.2, -0.15) is 0 Å². The van der Waals surface area contributed by atoms with E-state index < -0.39 is 81.0 Å². The SMILES string of the molecule is C/C1=C\CC(O)/C=C/C(C)C(O)C(C)/C=C(\C)C(=O)c2c(O)c(C)cc3c2C(=O)C(Cl)=C(NC(=O)\C=C/C=C\C=C\C(C)C(O)CC1=O)C3=O. The van der Waals surface area contributed by atoms with E-state index in [1.807, 2.05) is 0 Å². The third kappa shape index (κ3) is 9.60. The summed E-state index contributed by atoms with van der Waals surface area (Å²) in [4.78, 5) is 66.2. The van der Waals surface area contributed by atoms with Crippen molar-refractivity contribution in [3.05, 3.63) is 111 Å². The predicted molar refractivity (Wildman–Crippen MR) is 191 cm³/mol. The molecular weight excluding hydrogens is 662 g/mol. The molecule has 1 aromatic rings. The van der Waals surface area contributed by atoms with Crippen LogP contribution in [0.3, 0.4) is 0 Å². The van der Waals surface area contributed by atoms with Gasteiger partial charge in [-0.05, 0) is 50.0 Å². The number of rotatable bonds is 0. The number of Topliss-reactive ketones (excluding diaryl/α,β-unsaturated/α-hetero) is 4.